The predicted octanol–water partition coefficient (Wildman–Crippen LogP) is 1.58. The second-order valence-electron chi connectivity index (χ2n) is 6.26. The van der Waals surface area contributed by atoms with E-state index in [1.54, 1.807) is 0 Å². The van der Waals surface area contributed by atoms with Gasteiger partial charge in [0.05, 0.1) is 5.69 Å². The van der Waals surface area contributed by atoms with Gasteiger partial charge < -0.3 is 14.8 Å². The molecular weight excluding hydrogens is 236 g/mol. The van der Waals surface area contributed by atoms with Crippen molar-refractivity contribution >= 4 is 0 Å². The smallest absolute Gasteiger partial charge is 0.109 e. The first kappa shape index (κ1) is 13.1. The molecule has 4 nitrogen and oxygen atoms in total. The third-order valence-corrected chi connectivity index (χ3v) is 5.07. The Labute approximate surface area is 116 Å². The summed E-state index contributed by atoms with van der Waals surface area (Å²) in [6, 6.07) is 0. The molecule has 0 amide bonds. The lowest BCUT2D eigenvalue weighted by Gasteiger charge is -2.48. The monoisotopic (exact) mass is 262 g/mol. The van der Waals surface area contributed by atoms with Gasteiger partial charge in [-0.1, -0.05) is 6.92 Å². The lowest BCUT2D eigenvalue weighted by Crippen LogP contribution is -2.53. The molecule has 1 saturated carbocycles. The van der Waals surface area contributed by atoms with E-state index in [4.69, 9.17) is 4.98 Å². The van der Waals surface area contributed by atoms with Gasteiger partial charge in [0.15, 0.2) is 0 Å². The Kier molecular flexibility index (Phi) is 3.39. The summed E-state index contributed by atoms with van der Waals surface area (Å²) in [5.41, 5.74) is 3.16. The molecule has 1 aromatic rings. The van der Waals surface area contributed by atoms with Crippen molar-refractivity contribution in [2.24, 2.45) is 0 Å². The van der Waals surface area contributed by atoms with Crippen molar-refractivity contribution in [3.63, 3.8) is 0 Å². The minimum absolute atomic E-state index is 0.378. The van der Waals surface area contributed by atoms with E-state index >= 15 is 0 Å². The van der Waals surface area contributed by atoms with Gasteiger partial charge in [0.25, 0.3) is 0 Å². The average Bonchev–Trinajstić information content (AvgIpc) is 2.71. The number of rotatable bonds is 4. The Hall–Kier alpha value is -0.870. The van der Waals surface area contributed by atoms with Gasteiger partial charge in [-0.15, -0.1) is 0 Å². The molecule has 1 aliphatic heterocycles. The number of imidazole rings is 1. The van der Waals surface area contributed by atoms with Crippen LogP contribution in [-0.2, 0) is 25.9 Å². The molecule has 0 unspecified atom stereocenters. The molecule has 3 rings (SSSR count). The van der Waals surface area contributed by atoms with Crippen molar-refractivity contribution in [3.8, 4) is 0 Å². The highest BCUT2D eigenvalue weighted by molar-refractivity contribution is 5.21. The lowest BCUT2D eigenvalue weighted by molar-refractivity contribution is 0.0408. The topological polar surface area (TPSA) is 33.1 Å². The number of fused-ring (bicyclic) bond motifs is 1. The Morgan fingerprint density at radius 2 is 2.16 bits per heavy atom. The van der Waals surface area contributed by atoms with E-state index in [0.29, 0.717) is 5.54 Å². The van der Waals surface area contributed by atoms with Crippen molar-refractivity contribution < 1.29 is 0 Å². The van der Waals surface area contributed by atoms with Crippen molar-refractivity contribution in [2.45, 2.75) is 57.7 Å². The third kappa shape index (κ3) is 2.11. The van der Waals surface area contributed by atoms with Crippen LogP contribution in [0.4, 0.5) is 0 Å². The van der Waals surface area contributed by atoms with Crippen molar-refractivity contribution in [2.75, 3.05) is 20.6 Å². The van der Waals surface area contributed by atoms with Crippen LogP contribution >= 0.6 is 0 Å². The summed E-state index contributed by atoms with van der Waals surface area (Å²) in [5, 5.41) is 3.43. The predicted molar refractivity (Wildman–Crippen MR) is 77.3 cm³/mol. The molecule has 0 saturated heterocycles. The molecule has 1 N–H and O–H groups in total. The van der Waals surface area contributed by atoms with Crippen LogP contribution in [0.25, 0.3) is 0 Å². The number of hydrogen-bond acceptors (Lipinski definition) is 3. The van der Waals surface area contributed by atoms with Gasteiger partial charge in [-0.2, -0.15) is 0 Å². The SMILES string of the molecule is CCc1nc2c(n1CC1(N(C)C)CCC1)CCNC2. The molecule has 1 fully saturated rings. The lowest BCUT2D eigenvalue weighted by atomic mass is 9.75. The number of nitrogens with zero attached hydrogens (tertiary/aromatic N) is 3. The second-order valence-corrected chi connectivity index (χ2v) is 6.26. The van der Waals surface area contributed by atoms with Gasteiger partial charge in [-0.3, -0.25) is 0 Å². The average molecular weight is 262 g/mol. The van der Waals surface area contributed by atoms with Crippen LogP contribution in [0, 0.1) is 0 Å². The molecule has 0 bridgehead atoms. The van der Waals surface area contributed by atoms with Crippen LogP contribution in [0.2, 0.25) is 0 Å². The minimum atomic E-state index is 0.378. The fourth-order valence-electron chi connectivity index (χ4n) is 3.51. The largest absolute Gasteiger partial charge is 0.330 e. The number of aromatic nitrogens is 2. The minimum Gasteiger partial charge on any atom is -0.330 e. The van der Waals surface area contributed by atoms with Crippen LogP contribution < -0.4 is 5.32 Å². The summed E-state index contributed by atoms with van der Waals surface area (Å²) in [4.78, 5) is 7.29. The summed E-state index contributed by atoms with van der Waals surface area (Å²) < 4.78 is 2.54. The number of hydrogen-bond donors (Lipinski definition) is 1. The van der Waals surface area contributed by atoms with Crippen LogP contribution in [0.5, 0.6) is 0 Å². The molecule has 1 aromatic heterocycles. The summed E-state index contributed by atoms with van der Waals surface area (Å²) in [6.45, 7) is 5.40. The van der Waals surface area contributed by atoms with Gasteiger partial charge in [-0.25, -0.2) is 4.98 Å². The zero-order valence-corrected chi connectivity index (χ0v) is 12.5. The Morgan fingerprint density at radius 1 is 1.37 bits per heavy atom. The van der Waals surface area contributed by atoms with Crippen molar-refractivity contribution in [1.82, 2.24) is 19.8 Å². The van der Waals surface area contributed by atoms with E-state index in [2.05, 4.69) is 35.8 Å². The highest BCUT2D eigenvalue weighted by atomic mass is 15.2. The number of likely N-dealkylation sites (N-methyl/N-ethyl adjacent to an activating group) is 1. The molecule has 0 spiro atoms. The molecule has 2 aliphatic rings. The van der Waals surface area contributed by atoms with E-state index < -0.39 is 0 Å². The highest BCUT2D eigenvalue weighted by Crippen LogP contribution is 2.38. The zero-order valence-electron chi connectivity index (χ0n) is 12.5. The maximum absolute atomic E-state index is 4.85. The first-order valence-corrected chi connectivity index (χ1v) is 7.61. The van der Waals surface area contributed by atoms with Crippen LogP contribution in [0.3, 0.4) is 0 Å². The normalized spacial score (nSPS) is 21.3. The standard InChI is InChI=1S/C15H26N4/c1-4-14-17-12-10-16-9-6-13(12)19(14)11-15(18(2)3)7-5-8-15/h16H,4-11H2,1-3H3. The molecular formula is C15H26N4. The number of aryl methyl sites for hydroxylation is 1. The fraction of sp³-hybridized carbons (Fsp3) is 0.800. The Morgan fingerprint density at radius 3 is 2.74 bits per heavy atom. The van der Waals surface area contributed by atoms with Crippen LogP contribution in [-0.4, -0.2) is 40.6 Å². The molecule has 19 heavy (non-hydrogen) atoms. The molecule has 0 radical (unpaired) electrons. The first-order valence-electron chi connectivity index (χ1n) is 7.61. The fourth-order valence-corrected chi connectivity index (χ4v) is 3.51. The summed E-state index contributed by atoms with van der Waals surface area (Å²) in [7, 11) is 4.46. The van der Waals surface area contributed by atoms with E-state index in [1.165, 1.54) is 36.5 Å². The molecule has 4 heteroatoms. The van der Waals surface area contributed by atoms with Gasteiger partial charge >= 0.3 is 0 Å². The van der Waals surface area contributed by atoms with E-state index in [0.717, 1.165) is 32.5 Å². The zero-order chi connectivity index (χ0) is 13.5. The Bertz CT molecular complexity index is 457. The first-order chi connectivity index (χ1) is 9.16. The van der Waals surface area contributed by atoms with Gasteiger partial charge in [0.2, 0.25) is 0 Å². The van der Waals surface area contributed by atoms with Gasteiger partial charge in [0, 0.05) is 43.7 Å². The molecule has 0 atom stereocenters. The summed E-state index contributed by atoms with van der Waals surface area (Å²) >= 11 is 0. The van der Waals surface area contributed by atoms with E-state index in [1.807, 2.05) is 0 Å². The van der Waals surface area contributed by atoms with Gasteiger partial charge in [-0.05, 0) is 33.4 Å². The van der Waals surface area contributed by atoms with Crippen LogP contribution in [0.1, 0.15) is 43.4 Å². The van der Waals surface area contributed by atoms with Crippen LogP contribution in [0.15, 0.2) is 0 Å². The highest BCUT2D eigenvalue weighted by Gasteiger charge is 2.40. The van der Waals surface area contributed by atoms with E-state index in [9.17, 15) is 0 Å². The molecule has 106 valence electrons. The maximum Gasteiger partial charge on any atom is 0.109 e. The maximum atomic E-state index is 4.85. The number of nitrogens with one attached hydrogen (secondary N) is 1. The molecule has 0 aromatic carbocycles. The van der Waals surface area contributed by atoms with Crippen molar-refractivity contribution in [1.29, 1.82) is 0 Å². The quantitative estimate of drug-likeness (QED) is 0.894. The summed E-state index contributed by atoms with van der Waals surface area (Å²) in [6.07, 6.45) is 6.20. The molecule has 1 aliphatic carbocycles. The molecule has 2 heterocycles. The summed E-state index contributed by atoms with van der Waals surface area (Å²) in [5.74, 6) is 1.28. The van der Waals surface area contributed by atoms with E-state index in [-0.39, 0.29) is 0 Å². The Balaban J connectivity index is 1.93. The van der Waals surface area contributed by atoms with Gasteiger partial charge in [0.1, 0.15) is 5.82 Å². The third-order valence-electron chi connectivity index (χ3n) is 5.07. The van der Waals surface area contributed by atoms with Crippen molar-refractivity contribution in [3.05, 3.63) is 17.2 Å². The second kappa shape index (κ2) is 4.91.